The lowest BCUT2D eigenvalue weighted by atomic mass is 9.76. The number of likely N-dealkylation sites (N-methyl/N-ethyl adjacent to an activating group) is 1. The zero-order chi connectivity index (χ0) is 21.8. The zero-order valence-electron chi connectivity index (χ0n) is 18.1. The first-order valence-corrected chi connectivity index (χ1v) is 12.0. The minimum Gasteiger partial charge on any atom is -0.492 e. The van der Waals surface area contributed by atoms with Crippen LogP contribution in [0, 0.1) is 0 Å². The summed E-state index contributed by atoms with van der Waals surface area (Å²) in [5.41, 5.74) is 2.01. The molecular weight excluding hydrogens is 400 g/mol. The van der Waals surface area contributed by atoms with Gasteiger partial charge in [-0.05, 0) is 58.0 Å². The molecule has 7 heteroatoms. The Morgan fingerprint density at radius 1 is 1.13 bits per heavy atom. The van der Waals surface area contributed by atoms with E-state index in [2.05, 4.69) is 48.2 Å². The zero-order valence-corrected chi connectivity index (χ0v) is 19.0. The molecule has 0 bridgehead atoms. The number of sulfonamides is 1. The highest BCUT2D eigenvalue weighted by Gasteiger charge is 2.43. The minimum atomic E-state index is -3.21. The Balaban J connectivity index is 1.82. The van der Waals surface area contributed by atoms with Crippen LogP contribution in [0.25, 0.3) is 0 Å². The number of nitrogens with one attached hydrogen (secondary N) is 2. The normalized spacial score (nSPS) is 20.3. The van der Waals surface area contributed by atoms with Crippen LogP contribution in [0.1, 0.15) is 37.8 Å². The summed E-state index contributed by atoms with van der Waals surface area (Å²) in [5.74, 6) is 1.84. The van der Waals surface area contributed by atoms with Crippen LogP contribution in [0.15, 0.2) is 48.5 Å². The summed E-state index contributed by atoms with van der Waals surface area (Å²) < 4.78 is 37.8. The van der Waals surface area contributed by atoms with Crippen molar-refractivity contribution in [3.8, 4) is 11.5 Å². The van der Waals surface area contributed by atoms with Crippen molar-refractivity contribution in [3.05, 3.63) is 59.7 Å². The second kappa shape index (κ2) is 9.37. The molecular formula is C23H32N2O4S. The van der Waals surface area contributed by atoms with Crippen molar-refractivity contribution in [1.82, 2.24) is 10.0 Å². The largest absolute Gasteiger partial charge is 0.492 e. The van der Waals surface area contributed by atoms with Crippen molar-refractivity contribution in [2.24, 2.45) is 0 Å². The summed E-state index contributed by atoms with van der Waals surface area (Å²) in [7, 11) is -1.24. The van der Waals surface area contributed by atoms with Crippen LogP contribution in [0.4, 0.5) is 0 Å². The molecule has 0 saturated carbocycles. The number of hydrogen-bond donors (Lipinski definition) is 2. The van der Waals surface area contributed by atoms with E-state index < -0.39 is 10.0 Å². The van der Waals surface area contributed by atoms with Crippen molar-refractivity contribution < 1.29 is 17.9 Å². The number of benzene rings is 2. The molecule has 0 saturated heterocycles. The van der Waals surface area contributed by atoms with Gasteiger partial charge in [-0.25, -0.2) is 13.1 Å². The van der Waals surface area contributed by atoms with E-state index in [-0.39, 0.29) is 36.5 Å². The van der Waals surface area contributed by atoms with Crippen molar-refractivity contribution in [2.75, 3.05) is 26.0 Å². The lowest BCUT2D eigenvalue weighted by molar-refractivity contribution is 0.0364. The van der Waals surface area contributed by atoms with Crippen LogP contribution in [0.2, 0.25) is 0 Å². The average Bonchev–Trinajstić information content (AvgIpc) is 2.72. The molecule has 0 radical (unpaired) electrons. The van der Waals surface area contributed by atoms with Crippen LogP contribution < -0.4 is 19.5 Å². The molecule has 1 heterocycles. The van der Waals surface area contributed by atoms with E-state index in [1.54, 1.807) is 6.92 Å². The molecule has 164 valence electrons. The van der Waals surface area contributed by atoms with Gasteiger partial charge in [-0.1, -0.05) is 30.3 Å². The Kier molecular flexibility index (Phi) is 7.06. The number of rotatable bonds is 9. The van der Waals surface area contributed by atoms with Crippen molar-refractivity contribution >= 4 is 10.0 Å². The Hall–Kier alpha value is -2.09. The number of hydrogen-bond acceptors (Lipinski definition) is 5. The van der Waals surface area contributed by atoms with E-state index in [0.29, 0.717) is 5.75 Å². The van der Waals surface area contributed by atoms with Gasteiger partial charge in [0.15, 0.2) is 0 Å². The molecule has 0 aromatic heterocycles. The quantitative estimate of drug-likeness (QED) is 0.596. The molecule has 1 aliphatic rings. The molecule has 2 N–H and O–H groups in total. The maximum absolute atomic E-state index is 11.6. The fraction of sp³-hybridized carbons (Fsp3) is 0.478. The van der Waals surface area contributed by atoms with Crippen LogP contribution in [-0.2, 0) is 16.4 Å². The van der Waals surface area contributed by atoms with Crippen molar-refractivity contribution in [3.63, 3.8) is 0 Å². The maximum atomic E-state index is 11.6. The van der Waals surface area contributed by atoms with Gasteiger partial charge in [-0.15, -0.1) is 0 Å². The fourth-order valence-electron chi connectivity index (χ4n) is 4.12. The van der Waals surface area contributed by atoms with Crippen molar-refractivity contribution in [2.45, 2.75) is 44.8 Å². The highest BCUT2D eigenvalue weighted by Crippen LogP contribution is 2.44. The van der Waals surface area contributed by atoms with Crippen LogP contribution in [0.5, 0.6) is 11.5 Å². The third-order valence-corrected chi connectivity index (χ3v) is 6.99. The van der Waals surface area contributed by atoms with E-state index in [0.717, 1.165) is 17.7 Å². The van der Waals surface area contributed by atoms with Crippen LogP contribution >= 0.6 is 0 Å². The van der Waals surface area contributed by atoms with Gasteiger partial charge in [0.1, 0.15) is 23.7 Å². The molecule has 1 aliphatic heterocycles. The fourth-order valence-corrected chi connectivity index (χ4v) is 4.72. The monoisotopic (exact) mass is 432 g/mol. The van der Waals surface area contributed by atoms with Crippen LogP contribution in [0.3, 0.4) is 0 Å². The Morgan fingerprint density at radius 2 is 1.87 bits per heavy atom. The first kappa shape index (κ1) is 22.6. The third-order valence-electron chi connectivity index (χ3n) is 5.59. The second-order valence-corrected chi connectivity index (χ2v) is 10.2. The minimum absolute atomic E-state index is 0.0611. The SMILES string of the molecule is CCS(=O)(=O)NCCOc1ccc2c(c1)[C@H](Cc1ccccc1)[C@@H](NC)C(C)(C)O2. The van der Waals surface area contributed by atoms with Crippen LogP contribution in [-0.4, -0.2) is 46.0 Å². The Bertz CT molecular complexity index is 945. The van der Waals surface area contributed by atoms with E-state index in [1.807, 2.05) is 31.3 Å². The number of fused-ring (bicyclic) bond motifs is 1. The predicted molar refractivity (Wildman–Crippen MR) is 120 cm³/mol. The molecule has 2 aromatic carbocycles. The second-order valence-electron chi connectivity index (χ2n) is 8.11. The lowest BCUT2D eigenvalue weighted by Crippen LogP contribution is -2.55. The van der Waals surface area contributed by atoms with Gasteiger partial charge in [0.05, 0.1) is 11.8 Å². The van der Waals surface area contributed by atoms with Gasteiger partial charge < -0.3 is 14.8 Å². The molecule has 2 atom stereocenters. The van der Waals surface area contributed by atoms with E-state index in [4.69, 9.17) is 9.47 Å². The molecule has 0 unspecified atom stereocenters. The summed E-state index contributed by atoms with van der Waals surface area (Å²) >= 11 is 0. The smallest absolute Gasteiger partial charge is 0.211 e. The molecule has 6 nitrogen and oxygen atoms in total. The maximum Gasteiger partial charge on any atom is 0.211 e. The first-order chi connectivity index (χ1) is 14.3. The molecule has 0 fully saturated rings. The van der Waals surface area contributed by atoms with Gasteiger partial charge in [0.2, 0.25) is 10.0 Å². The summed E-state index contributed by atoms with van der Waals surface area (Å²) in [5, 5.41) is 3.46. The topological polar surface area (TPSA) is 76.7 Å². The average molecular weight is 433 g/mol. The van der Waals surface area contributed by atoms with E-state index in [9.17, 15) is 8.42 Å². The third kappa shape index (κ3) is 5.33. The summed E-state index contributed by atoms with van der Waals surface area (Å²) in [4.78, 5) is 0. The summed E-state index contributed by atoms with van der Waals surface area (Å²) in [6.07, 6.45) is 0.881. The van der Waals surface area contributed by atoms with Crippen molar-refractivity contribution in [1.29, 1.82) is 0 Å². The van der Waals surface area contributed by atoms with Gasteiger partial charge in [0, 0.05) is 18.0 Å². The predicted octanol–water partition coefficient (Wildman–Crippen LogP) is 3.09. The van der Waals surface area contributed by atoms with Gasteiger partial charge in [-0.3, -0.25) is 0 Å². The molecule has 2 aromatic rings. The molecule has 0 aliphatic carbocycles. The van der Waals surface area contributed by atoms with Gasteiger partial charge in [0.25, 0.3) is 0 Å². The summed E-state index contributed by atoms with van der Waals surface area (Å²) in [6.45, 7) is 6.34. The molecule has 0 spiro atoms. The first-order valence-electron chi connectivity index (χ1n) is 10.4. The summed E-state index contributed by atoms with van der Waals surface area (Å²) in [6, 6.07) is 16.4. The van der Waals surface area contributed by atoms with E-state index >= 15 is 0 Å². The van der Waals surface area contributed by atoms with E-state index in [1.165, 1.54) is 5.56 Å². The molecule has 3 rings (SSSR count). The van der Waals surface area contributed by atoms with Gasteiger partial charge in [-0.2, -0.15) is 0 Å². The standard InChI is InChI=1S/C23H32N2O4S/c1-5-30(26,27)25-13-14-28-18-11-12-21-19(16-18)20(15-17-9-7-6-8-10-17)22(24-4)23(2,3)29-21/h6-12,16,20,22,24-25H,5,13-15H2,1-4H3/t20-,22+/m0/s1. The Labute approximate surface area is 180 Å². The van der Waals surface area contributed by atoms with Gasteiger partial charge >= 0.3 is 0 Å². The molecule has 0 amide bonds. The Morgan fingerprint density at radius 3 is 2.53 bits per heavy atom. The molecule has 30 heavy (non-hydrogen) atoms. The number of ether oxygens (including phenoxy) is 2. The lowest BCUT2D eigenvalue weighted by Gasteiger charge is -2.45. The highest BCUT2D eigenvalue weighted by atomic mass is 32.2. The highest BCUT2D eigenvalue weighted by molar-refractivity contribution is 7.89.